The molecule has 0 radical (unpaired) electrons. The number of carbonyl (C=O) groups excluding carboxylic acids is 1. The lowest BCUT2D eigenvalue weighted by molar-refractivity contribution is 0.0948. The van der Waals surface area contributed by atoms with Crippen LogP contribution in [0.25, 0.3) is 22.0 Å². The van der Waals surface area contributed by atoms with Gasteiger partial charge in [-0.25, -0.2) is 4.98 Å². The lowest BCUT2D eigenvalue weighted by Crippen LogP contribution is -2.25. The summed E-state index contributed by atoms with van der Waals surface area (Å²) in [5.41, 5.74) is 4.27. The first-order valence-electron chi connectivity index (χ1n) is 9.18. The van der Waals surface area contributed by atoms with Crippen LogP contribution in [0.4, 0.5) is 0 Å². The molecule has 4 heteroatoms. The van der Waals surface area contributed by atoms with Crippen LogP contribution in [0.5, 0.6) is 0 Å². The minimum atomic E-state index is -0.307. The Morgan fingerprint density at radius 3 is 2.21 bits per heavy atom. The summed E-state index contributed by atoms with van der Waals surface area (Å²) in [5, 5.41) is 13.8. The number of carbonyl (C=O) groups is 1. The predicted molar refractivity (Wildman–Crippen MR) is 111 cm³/mol. The lowest BCUT2D eigenvalue weighted by atomic mass is 9.93. The Labute approximate surface area is 163 Å². The summed E-state index contributed by atoms with van der Waals surface area (Å²) in [4.78, 5) is 17.7. The minimum Gasteiger partial charge on any atom is -0.390 e. The number of pyridine rings is 1. The van der Waals surface area contributed by atoms with Gasteiger partial charge in [-0.05, 0) is 17.2 Å². The van der Waals surface area contributed by atoms with Gasteiger partial charge in [0.15, 0.2) is 0 Å². The molecule has 0 fully saturated rings. The van der Waals surface area contributed by atoms with Crippen LogP contribution in [-0.4, -0.2) is 16.0 Å². The Hall–Kier alpha value is -3.50. The van der Waals surface area contributed by atoms with E-state index in [1.54, 1.807) is 0 Å². The Morgan fingerprint density at radius 2 is 1.50 bits per heavy atom. The third kappa shape index (κ3) is 3.50. The van der Waals surface area contributed by atoms with Crippen molar-refractivity contribution < 1.29 is 9.90 Å². The summed E-state index contributed by atoms with van der Waals surface area (Å²) in [6.45, 7) is 0.102. The number of nitrogens with zero attached hydrogens (tertiary/aromatic N) is 1. The monoisotopic (exact) mass is 368 g/mol. The van der Waals surface area contributed by atoms with Gasteiger partial charge in [-0.2, -0.15) is 0 Å². The first-order chi connectivity index (χ1) is 13.8. The van der Waals surface area contributed by atoms with E-state index in [-0.39, 0.29) is 12.5 Å². The maximum absolute atomic E-state index is 13.2. The molecular formula is C24H20N2O2. The van der Waals surface area contributed by atoms with Gasteiger partial charge in [0, 0.05) is 17.5 Å². The molecule has 138 valence electrons. The van der Waals surface area contributed by atoms with E-state index in [0.717, 1.165) is 27.6 Å². The Kier molecular flexibility index (Phi) is 5.13. The average Bonchev–Trinajstić information content (AvgIpc) is 2.77. The second-order valence-corrected chi connectivity index (χ2v) is 6.52. The van der Waals surface area contributed by atoms with Crippen LogP contribution < -0.4 is 5.32 Å². The van der Waals surface area contributed by atoms with Gasteiger partial charge in [0.1, 0.15) is 0 Å². The number of nitrogens with one attached hydrogen (secondary N) is 1. The van der Waals surface area contributed by atoms with E-state index in [4.69, 9.17) is 0 Å². The fraction of sp³-hybridized carbons (Fsp3) is 0.0833. The molecule has 0 spiro atoms. The number of aromatic nitrogens is 1. The van der Waals surface area contributed by atoms with Gasteiger partial charge < -0.3 is 10.4 Å². The van der Waals surface area contributed by atoms with Gasteiger partial charge in [-0.3, -0.25) is 4.79 Å². The number of amides is 1. The minimum absolute atomic E-state index is 0.245. The van der Waals surface area contributed by atoms with Crippen LogP contribution in [-0.2, 0) is 13.2 Å². The number of aliphatic hydroxyl groups is 1. The van der Waals surface area contributed by atoms with Crippen molar-refractivity contribution in [3.63, 3.8) is 0 Å². The first kappa shape index (κ1) is 17.9. The van der Waals surface area contributed by atoms with E-state index in [9.17, 15) is 9.90 Å². The van der Waals surface area contributed by atoms with Crippen LogP contribution >= 0.6 is 0 Å². The molecule has 0 bridgehead atoms. The smallest absolute Gasteiger partial charge is 0.254 e. The molecule has 0 saturated carbocycles. The Bertz CT molecular complexity index is 1110. The van der Waals surface area contributed by atoms with Crippen molar-refractivity contribution in [2.45, 2.75) is 13.2 Å². The second kappa shape index (κ2) is 8.03. The highest BCUT2D eigenvalue weighted by Crippen LogP contribution is 2.33. The fourth-order valence-corrected chi connectivity index (χ4v) is 3.39. The topological polar surface area (TPSA) is 62.2 Å². The molecule has 0 aliphatic rings. The van der Waals surface area contributed by atoms with Gasteiger partial charge in [0.2, 0.25) is 0 Å². The van der Waals surface area contributed by atoms with E-state index >= 15 is 0 Å². The molecule has 2 N–H and O–H groups in total. The third-order valence-corrected chi connectivity index (χ3v) is 4.70. The molecule has 1 aromatic heterocycles. The zero-order valence-corrected chi connectivity index (χ0v) is 15.3. The molecule has 0 atom stereocenters. The summed E-state index contributed by atoms with van der Waals surface area (Å²) >= 11 is 0. The number of para-hydroxylation sites is 1. The van der Waals surface area contributed by atoms with E-state index in [1.807, 2.05) is 84.9 Å². The average molecular weight is 368 g/mol. The highest BCUT2D eigenvalue weighted by Gasteiger charge is 2.21. The molecule has 1 heterocycles. The number of hydrogen-bond acceptors (Lipinski definition) is 3. The number of fused-ring (bicyclic) bond motifs is 1. The van der Waals surface area contributed by atoms with Crippen molar-refractivity contribution in [3.8, 4) is 11.1 Å². The predicted octanol–water partition coefficient (Wildman–Crippen LogP) is 4.32. The van der Waals surface area contributed by atoms with E-state index < -0.39 is 0 Å². The number of rotatable bonds is 5. The summed E-state index contributed by atoms with van der Waals surface area (Å²) in [7, 11) is 0. The zero-order valence-electron chi connectivity index (χ0n) is 15.3. The molecule has 28 heavy (non-hydrogen) atoms. The van der Waals surface area contributed by atoms with Gasteiger partial charge in [0.05, 0.1) is 23.4 Å². The van der Waals surface area contributed by atoms with Gasteiger partial charge in [0.25, 0.3) is 5.91 Å². The molecule has 0 aliphatic carbocycles. The Balaban J connectivity index is 1.85. The maximum atomic E-state index is 13.2. The summed E-state index contributed by atoms with van der Waals surface area (Å²) in [5.74, 6) is -0.245. The van der Waals surface area contributed by atoms with Crippen LogP contribution in [0.1, 0.15) is 21.6 Å². The van der Waals surface area contributed by atoms with Crippen LogP contribution in [0.15, 0.2) is 84.9 Å². The molecule has 0 unspecified atom stereocenters. The van der Waals surface area contributed by atoms with Crippen molar-refractivity contribution in [1.29, 1.82) is 0 Å². The van der Waals surface area contributed by atoms with Crippen LogP contribution in [0, 0.1) is 0 Å². The summed E-state index contributed by atoms with van der Waals surface area (Å²) in [6, 6.07) is 27.2. The summed E-state index contributed by atoms with van der Waals surface area (Å²) in [6.07, 6.45) is 0. The second-order valence-electron chi connectivity index (χ2n) is 6.52. The van der Waals surface area contributed by atoms with Crippen molar-refractivity contribution in [1.82, 2.24) is 10.3 Å². The largest absolute Gasteiger partial charge is 0.390 e. The standard InChI is InChI=1S/C24H20N2O2/c27-16-21-23(24(28)25-15-17-9-3-1-4-10-17)22(18-11-5-2-6-12-18)19-13-7-8-14-20(19)26-21/h1-14,27H,15-16H2,(H,25,28). The van der Waals surface area contributed by atoms with E-state index in [0.29, 0.717) is 17.8 Å². The normalized spacial score (nSPS) is 10.8. The van der Waals surface area contributed by atoms with Crippen LogP contribution in [0.3, 0.4) is 0 Å². The molecule has 4 rings (SSSR count). The Morgan fingerprint density at radius 1 is 0.857 bits per heavy atom. The van der Waals surface area contributed by atoms with Crippen molar-refractivity contribution >= 4 is 16.8 Å². The van der Waals surface area contributed by atoms with Crippen molar-refractivity contribution in [2.75, 3.05) is 0 Å². The van der Waals surface area contributed by atoms with E-state index in [1.165, 1.54) is 0 Å². The zero-order chi connectivity index (χ0) is 19.3. The quantitative estimate of drug-likeness (QED) is 0.551. The molecular weight excluding hydrogens is 348 g/mol. The van der Waals surface area contributed by atoms with Gasteiger partial charge in [-0.1, -0.05) is 78.9 Å². The molecule has 1 amide bonds. The maximum Gasteiger partial charge on any atom is 0.254 e. The molecule has 4 nitrogen and oxygen atoms in total. The van der Waals surface area contributed by atoms with Crippen molar-refractivity contribution in [2.24, 2.45) is 0 Å². The third-order valence-electron chi connectivity index (χ3n) is 4.70. The number of aliphatic hydroxyl groups excluding tert-OH is 1. The number of benzene rings is 3. The molecule has 0 aliphatic heterocycles. The highest BCUT2D eigenvalue weighted by molar-refractivity contribution is 6.09. The molecule has 4 aromatic rings. The van der Waals surface area contributed by atoms with Gasteiger partial charge >= 0.3 is 0 Å². The fourth-order valence-electron chi connectivity index (χ4n) is 3.39. The van der Waals surface area contributed by atoms with Gasteiger partial charge in [-0.15, -0.1) is 0 Å². The molecule has 0 saturated heterocycles. The van der Waals surface area contributed by atoms with Crippen LogP contribution in [0.2, 0.25) is 0 Å². The van der Waals surface area contributed by atoms with Crippen molar-refractivity contribution in [3.05, 3.63) is 102 Å². The lowest BCUT2D eigenvalue weighted by Gasteiger charge is -2.16. The van der Waals surface area contributed by atoms with E-state index in [2.05, 4.69) is 10.3 Å². The first-order valence-corrected chi connectivity index (χ1v) is 9.18. The molecule has 3 aromatic carbocycles. The number of hydrogen-bond donors (Lipinski definition) is 2. The SMILES string of the molecule is O=C(NCc1ccccc1)c1c(CO)nc2ccccc2c1-c1ccccc1. The summed E-state index contributed by atoms with van der Waals surface area (Å²) < 4.78 is 0. The highest BCUT2D eigenvalue weighted by atomic mass is 16.3.